The van der Waals surface area contributed by atoms with E-state index in [0.29, 0.717) is 18.3 Å². The van der Waals surface area contributed by atoms with Gasteiger partial charge in [0.15, 0.2) is 0 Å². The minimum atomic E-state index is -0.711. The van der Waals surface area contributed by atoms with Crippen molar-refractivity contribution in [2.75, 3.05) is 11.1 Å². The molecule has 240 valence electrons. The monoisotopic (exact) mass is 682 g/mol. The number of thiophene rings is 2. The normalized spacial score (nSPS) is 11.5. The van der Waals surface area contributed by atoms with Gasteiger partial charge >= 0.3 is 5.97 Å². The van der Waals surface area contributed by atoms with E-state index in [4.69, 9.17) is 10.8 Å². The number of aliphatic carboxylic acids is 1. The number of hydrogen-bond acceptors (Lipinski definition) is 9. The van der Waals surface area contributed by atoms with Crippen LogP contribution in [0.3, 0.4) is 0 Å². The molecule has 4 heterocycles. The second kappa shape index (κ2) is 19.0. The maximum atomic E-state index is 12.0. The van der Waals surface area contributed by atoms with Gasteiger partial charge in [-0.2, -0.15) is 31.4 Å². The summed E-state index contributed by atoms with van der Waals surface area (Å²) in [6.45, 7) is 4.23. The maximum absolute atomic E-state index is 12.0. The Morgan fingerprint density at radius 1 is 0.800 bits per heavy atom. The van der Waals surface area contributed by atoms with Gasteiger partial charge in [-0.1, -0.05) is 28.7 Å². The molecule has 2 unspecified atom stereocenters. The molecule has 7 nitrogen and oxygen atoms in total. The van der Waals surface area contributed by atoms with Gasteiger partial charge in [0.1, 0.15) is 0 Å². The van der Waals surface area contributed by atoms with Crippen molar-refractivity contribution in [2.45, 2.75) is 66.2 Å². The number of hydrogen-bond donors (Lipinski definition) is 3. The Kier molecular flexibility index (Phi) is 15.9. The molecular weight excluding hydrogens is 641 g/mol. The molecule has 1 amide bonds. The number of benzene rings is 2. The van der Waals surface area contributed by atoms with E-state index < -0.39 is 5.97 Å². The third-order valence-electron chi connectivity index (χ3n) is 6.84. The maximum Gasteiger partial charge on any atom is 0.303 e. The lowest BCUT2D eigenvalue weighted by atomic mass is 9.99. The first-order valence-electron chi connectivity index (χ1n) is 13.8. The van der Waals surface area contributed by atoms with E-state index in [1.165, 1.54) is 39.6 Å². The Morgan fingerprint density at radius 2 is 1.33 bits per heavy atom. The van der Waals surface area contributed by atoms with Crippen LogP contribution in [0.5, 0.6) is 0 Å². The molecule has 0 aliphatic rings. The third kappa shape index (κ3) is 12.0. The molecule has 0 saturated carbocycles. The highest BCUT2D eigenvalue weighted by atomic mass is 32.1. The lowest BCUT2D eigenvalue weighted by Gasteiger charge is -2.10. The van der Waals surface area contributed by atoms with Gasteiger partial charge in [0, 0.05) is 47.4 Å². The molecule has 0 radical (unpaired) electrons. The fourth-order valence-corrected chi connectivity index (χ4v) is 7.11. The van der Waals surface area contributed by atoms with Crippen molar-refractivity contribution in [3.8, 4) is 0 Å². The van der Waals surface area contributed by atoms with Gasteiger partial charge in [0.25, 0.3) is 0 Å². The van der Waals surface area contributed by atoms with Gasteiger partial charge in [-0.3, -0.25) is 9.59 Å². The van der Waals surface area contributed by atoms with E-state index in [2.05, 4.69) is 56.2 Å². The van der Waals surface area contributed by atoms with E-state index in [1.807, 2.05) is 54.2 Å². The lowest BCUT2D eigenvalue weighted by molar-refractivity contribution is -0.137. The predicted octanol–water partition coefficient (Wildman–Crippen LogP) is 10.7. The Labute approximate surface area is 282 Å². The average Bonchev–Trinajstić information content (AvgIpc) is 3.81. The summed E-state index contributed by atoms with van der Waals surface area (Å²) < 4.78 is 10.4. The molecule has 11 heteroatoms. The molecule has 2 aromatic carbocycles. The van der Waals surface area contributed by atoms with Crippen LogP contribution in [0.4, 0.5) is 11.4 Å². The van der Waals surface area contributed by atoms with Gasteiger partial charge in [-0.15, -0.1) is 0 Å². The molecule has 0 fully saturated rings. The molecule has 0 saturated heterocycles. The first-order chi connectivity index (χ1) is 20.8. The number of rotatable bonds is 9. The average molecular weight is 683 g/mol. The SMILES string of the molecule is C.C.CC(CCC(=O)Nc1ccc2cnsc2c1)c1ccsc1.CC(CCC(=O)O)c1ccsc1.Nc1ccc2cnsc2c1. The van der Waals surface area contributed by atoms with Crippen molar-refractivity contribution in [3.05, 3.63) is 93.6 Å². The Bertz CT molecular complexity index is 1710. The molecule has 4 N–H and O–H groups in total. The van der Waals surface area contributed by atoms with Crippen LogP contribution in [0.1, 0.15) is 77.3 Å². The van der Waals surface area contributed by atoms with Crippen LogP contribution in [0.15, 0.2) is 82.4 Å². The number of nitrogens with one attached hydrogen (secondary N) is 1. The number of carboxylic acid groups (broad SMARTS) is 1. The number of carboxylic acids is 1. The number of aromatic nitrogens is 2. The summed E-state index contributed by atoms with van der Waals surface area (Å²) in [6, 6.07) is 15.9. The number of carbonyl (C=O) groups is 2. The number of fused-ring (bicyclic) bond motifs is 2. The van der Waals surface area contributed by atoms with Crippen molar-refractivity contribution >= 4 is 89.2 Å². The standard InChI is InChI=1S/C16H16N2OS2.C9H12O2S.C7H6N2S.2CH4/c1-11(13-6-7-20-10-13)2-5-16(19)18-14-4-3-12-9-17-21-15(12)8-14;1-7(2-3-9(10)11)8-4-5-12-6-8;8-6-2-1-5-4-9-10-7(5)3-6;;/h3-4,6-11H,2,5H2,1H3,(H,18,19);4-7H,2-3H2,1H3,(H,10,11);1-4H,8H2;2*1H4. The van der Waals surface area contributed by atoms with Crippen LogP contribution < -0.4 is 11.1 Å². The molecule has 0 aliphatic carbocycles. The van der Waals surface area contributed by atoms with Crippen molar-refractivity contribution in [1.82, 2.24) is 8.75 Å². The van der Waals surface area contributed by atoms with E-state index in [-0.39, 0.29) is 27.2 Å². The predicted molar refractivity (Wildman–Crippen MR) is 197 cm³/mol. The minimum Gasteiger partial charge on any atom is -0.481 e. The fourth-order valence-electron chi connectivity index (χ4n) is 4.17. The Hall–Kier alpha value is -3.64. The highest BCUT2D eigenvalue weighted by Gasteiger charge is 2.10. The zero-order valence-electron chi connectivity index (χ0n) is 23.9. The molecule has 2 atom stereocenters. The summed E-state index contributed by atoms with van der Waals surface area (Å²) >= 11 is 6.27. The molecule has 4 aromatic heterocycles. The highest BCUT2D eigenvalue weighted by Crippen LogP contribution is 2.25. The summed E-state index contributed by atoms with van der Waals surface area (Å²) in [7, 11) is 0. The summed E-state index contributed by atoms with van der Waals surface area (Å²) in [4.78, 5) is 22.3. The molecule has 0 bridgehead atoms. The van der Waals surface area contributed by atoms with Crippen molar-refractivity contribution < 1.29 is 14.7 Å². The molecule has 6 rings (SSSR count). The van der Waals surface area contributed by atoms with Gasteiger partial charge in [0.2, 0.25) is 5.91 Å². The van der Waals surface area contributed by atoms with Gasteiger partial charge in [-0.05, 0) is 129 Å². The summed E-state index contributed by atoms with van der Waals surface area (Å²) in [5.41, 5.74) is 9.78. The number of nitrogens with two attached hydrogens (primary N) is 1. The third-order valence-corrected chi connectivity index (χ3v) is 9.77. The van der Waals surface area contributed by atoms with Crippen molar-refractivity contribution in [1.29, 1.82) is 0 Å². The second-order valence-corrected chi connectivity index (χ2v) is 13.4. The topological polar surface area (TPSA) is 118 Å². The lowest BCUT2D eigenvalue weighted by Crippen LogP contribution is -2.12. The quantitative estimate of drug-likeness (QED) is 0.131. The number of nitrogens with zero attached hydrogens (tertiary/aromatic N) is 2. The van der Waals surface area contributed by atoms with Crippen molar-refractivity contribution in [2.24, 2.45) is 0 Å². The summed E-state index contributed by atoms with van der Waals surface area (Å²) in [5.74, 6) is 0.149. The van der Waals surface area contributed by atoms with E-state index >= 15 is 0 Å². The van der Waals surface area contributed by atoms with Gasteiger partial charge in [-0.25, -0.2) is 0 Å². The van der Waals surface area contributed by atoms with E-state index in [1.54, 1.807) is 22.7 Å². The largest absolute Gasteiger partial charge is 0.481 e. The fraction of sp³-hybridized carbons (Fsp3) is 0.294. The Balaban J connectivity index is 0.000000251. The van der Waals surface area contributed by atoms with E-state index in [9.17, 15) is 9.59 Å². The molecule has 0 aliphatic heterocycles. The zero-order chi connectivity index (χ0) is 30.6. The molecule has 6 aromatic rings. The van der Waals surface area contributed by atoms with Crippen LogP contribution in [-0.4, -0.2) is 25.7 Å². The number of amides is 1. The highest BCUT2D eigenvalue weighted by molar-refractivity contribution is 7.13. The zero-order valence-corrected chi connectivity index (χ0v) is 27.2. The Morgan fingerprint density at radius 3 is 1.87 bits per heavy atom. The number of nitrogen functional groups attached to an aromatic ring is 1. The first kappa shape index (κ1) is 37.5. The smallest absolute Gasteiger partial charge is 0.303 e. The first-order valence-corrected chi connectivity index (χ1v) is 17.2. The number of anilines is 2. The van der Waals surface area contributed by atoms with Crippen LogP contribution in [0.2, 0.25) is 0 Å². The molecule has 0 spiro atoms. The van der Waals surface area contributed by atoms with E-state index in [0.717, 1.165) is 39.0 Å². The minimum absolute atomic E-state index is 0. The number of carbonyl (C=O) groups excluding carboxylic acids is 1. The van der Waals surface area contributed by atoms with Crippen molar-refractivity contribution in [3.63, 3.8) is 0 Å². The molecule has 45 heavy (non-hydrogen) atoms. The van der Waals surface area contributed by atoms with Crippen LogP contribution >= 0.6 is 45.7 Å². The van der Waals surface area contributed by atoms with Crippen LogP contribution in [-0.2, 0) is 9.59 Å². The summed E-state index contributed by atoms with van der Waals surface area (Å²) in [6.07, 6.45) is 6.08. The summed E-state index contributed by atoms with van der Waals surface area (Å²) in [5, 5.41) is 22.0. The van der Waals surface area contributed by atoms with Crippen LogP contribution in [0.25, 0.3) is 20.2 Å². The van der Waals surface area contributed by atoms with Gasteiger partial charge in [0.05, 0.1) is 9.40 Å². The molecular formula is C34H42N4O3S4. The van der Waals surface area contributed by atoms with Crippen LogP contribution in [0, 0.1) is 0 Å². The second-order valence-electron chi connectivity index (χ2n) is 10.1. The van der Waals surface area contributed by atoms with Gasteiger partial charge < -0.3 is 16.2 Å².